The van der Waals surface area contributed by atoms with E-state index >= 15 is 0 Å². The molecule has 0 radical (unpaired) electrons. The fraction of sp³-hybridized carbons (Fsp3) is 0.296. The van der Waals surface area contributed by atoms with Gasteiger partial charge >= 0.3 is 12.1 Å². The Kier molecular flexibility index (Phi) is 8.49. The molecule has 0 saturated carbocycles. The number of nitrogens with zero attached hydrogens (tertiary/aromatic N) is 6. The van der Waals surface area contributed by atoms with Gasteiger partial charge in [0.25, 0.3) is 5.88 Å². The number of fused-ring (bicyclic) bond motifs is 2. The largest absolute Gasteiger partial charge is 0.480 e. The van der Waals surface area contributed by atoms with Crippen molar-refractivity contribution in [3.8, 4) is 28.3 Å². The third kappa shape index (κ3) is 6.75. The van der Waals surface area contributed by atoms with Crippen molar-refractivity contribution in [2.45, 2.75) is 33.0 Å². The average molecular weight is 596 g/mol. The van der Waals surface area contributed by atoms with Crippen LogP contribution in [0.5, 0.6) is 17.8 Å². The number of methoxy groups -OCH3 is 1. The molecule has 13 nitrogen and oxygen atoms in total. The molecule has 0 aliphatic carbocycles. The van der Waals surface area contributed by atoms with Crippen molar-refractivity contribution in [2.24, 2.45) is 0 Å². The molecule has 5 aromatic rings. The lowest BCUT2D eigenvalue weighted by atomic mass is 10.1. The Labute approximate surface area is 242 Å². The minimum Gasteiger partial charge on any atom is -0.480 e. The van der Waals surface area contributed by atoms with Crippen molar-refractivity contribution in [1.29, 1.82) is 0 Å². The number of halogens is 1. The number of amides is 1. The summed E-state index contributed by atoms with van der Waals surface area (Å²) in [5.41, 5.74) is 3.61. The molecule has 0 unspecified atom stereocenters. The smallest absolute Gasteiger partial charge is 0.412 e. The van der Waals surface area contributed by atoms with Crippen LogP contribution in [0.15, 0.2) is 36.8 Å². The number of benzene rings is 1. The zero-order valence-electron chi connectivity index (χ0n) is 23.0. The third-order valence-corrected chi connectivity index (χ3v) is 6.60. The van der Waals surface area contributed by atoms with Crippen LogP contribution in [0, 0.1) is 12.7 Å². The normalized spacial score (nSPS) is 12.6. The number of pyridine rings is 1. The summed E-state index contributed by atoms with van der Waals surface area (Å²) in [6, 6.07) is 5.13. The molecule has 2 atom stereocenters. The number of aliphatic hydroxyl groups excluding tert-OH is 1. The molecule has 0 spiro atoms. The molecule has 0 aliphatic rings. The summed E-state index contributed by atoms with van der Waals surface area (Å²) in [5.74, 6) is -0.551. The molecule has 1 aromatic carbocycles. The number of rotatable bonds is 10. The van der Waals surface area contributed by atoms with Gasteiger partial charge in [0, 0.05) is 11.6 Å². The number of hydrogen-bond donors (Lipinski definition) is 2. The van der Waals surface area contributed by atoms with Crippen molar-refractivity contribution in [1.82, 2.24) is 29.9 Å². The van der Waals surface area contributed by atoms with Crippen molar-refractivity contribution >= 4 is 44.5 Å². The van der Waals surface area contributed by atoms with Crippen LogP contribution in [0.4, 0.5) is 14.9 Å². The molecule has 218 valence electrons. The van der Waals surface area contributed by atoms with Gasteiger partial charge in [0.15, 0.2) is 5.82 Å². The van der Waals surface area contributed by atoms with Crippen LogP contribution in [-0.2, 0) is 4.74 Å². The second kappa shape index (κ2) is 12.4. The predicted molar refractivity (Wildman–Crippen MR) is 151 cm³/mol. The number of nitrogens with one attached hydrogen (secondary N) is 1. The molecule has 0 saturated heterocycles. The number of aryl methyl sites for hydroxylation is 1. The number of thiazole rings is 1. The first kappa shape index (κ1) is 28.8. The van der Waals surface area contributed by atoms with Gasteiger partial charge in [-0.1, -0.05) is 11.3 Å². The van der Waals surface area contributed by atoms with E-state index in [1.54, 1.807) is 13.8 Å². The molecule has 0 fully saturated rings. The van der Waals surface area contributed by atoms with Crippen LogP contribution in [0.25, 0.3) is 32.0 Å². The molecule has 5 rings (SSSR count). The van der Waals surface area contributed by atoms with Gasteiger partial charge < -0.3 is 24.1 Å². The van der Waals surface area contributed by atoms with E-state index in [1.165, 1.54) is 43.1 Å². The van der Waals surface area contributed by atoms with E-state index in [4.69, 9.17) is 18.9 Å². The molecule has 0 aliphatic heterocycles. The molecule has 42 heavy (non-hydrogen) atoms. The maximum atomic E-state index is 14.8. The van der Waals surface area contributed by atoms with Crippen molar-refractivity contribution in [3.05, 3.63) is 48.2 Å². The maximum absolute atomic E-state index is 14.8. The second-order valence-corrected chi connectivity index (χ2v) is 10.3. The summed E-state index contributed by atoms with van der Waals surface area (Å²) in [6.07, 6.45) is 1.98. The van der Waals surface area contributed by atoms with Gasteiger partial charge in [-0.3, -0.25) is 5.32 Å². The Morgan fingerprint density at radius 3 is 2.55 bits per heavy atom. The predicted octanol–water partition coefficient (Wildman–Crippen LogP) is 4.32. The molecular formula is C27H26FN7O6S. The quantitative estimate of drug-likeness (QED) is 0.235. The van der Waals surface area contributed by atoms with Crippen molar-refractivity contribution < 1.29 is 33.2 Å². The Hall–Kier alpha value is -4.76. The standard InChI is InChI=1S/C27H26FN7O6S/c1-13-5-17(22-19(6-13)33-21(38-4)10-29-22)24-34-20-7-18(28)23(35-25(20)42-24)39-12-15(3)41-27(37)32-16-8-30-26(31-9-16)40-11-14(2)36/h5-10,14-15,36H,11-12H2,1-4H3,(H,32,37)/t14-,15-/m1/s1. The summed E-state index contributed by atoms with van der Waals surface area (Å²) < 4.78 is 36.0. The van der Waals surface area contributed by atoms with Crippen LogP contribution in [-0.4, -0.2) is 73.6 Å². The molecule has 15 heteroatoms. The highest BCUT2D eigenvalue weighted by Gasteiger charge is 2.18. The SMILES string of the molecule is COc1cnc2c(-c3nc4cc(F)c(OC[C@@H](C)OC(=O)Nc5cnc(OC[C@@H](C)O)nc5)nc4s3)cc(C)cc2n1. The molecule has 4 aromatic heterocycles. The first-order valence-electron chi connectivity index (χ1n) is 12.7. The van der Waals surface area contributed by atoms with Gasteiger partial charge in [0.05, 0.1) is 48.5 Å². The summed E-state index contributed by atoms with van der Waals surface area (Å²) in [5, 5.41) is 12.3. The Morgan fingerprint density at radius 2 is 1.81 bits per heavy atom. The summed E-state index contributed by atoms with van der Waals surface area (Å²) in [6.45, 7) is 4.97. The molecule has 1 amide bonds. The van der Waals surface area contributed by atoms with Gasteiger partial charge in [-0.15, -0.1) is 0 Å². The molecule has 0 bridgehead atoms. The van der Waals surface area contributed by atoms with E-state index in [9.17, 15) is 14.3 Å². The number of hydrogen-bond acceptors (Lipinski definition) is 13. The minimum absolute atomic E-state index is 0.0357. The number of aromatic nitrogens is 6. The van der Waals surface area contributed by atoms with Gasteiger partial charge in [0.1, 0.15) is 34.7 Å². The second-order valence-electron chi connectivity index (χ2n) is 9.28. The summed E-state index contributed by atoms with van der Waals surface area (Å²) >= 11 is 1.26. The van der Waals surface area contributed by atoms with Crippen LogP contribution in [0.1, 0.15) is 19.4 Å². The number of ether oxygens (including phenoxy) is 4. The van der Waals surface area contributed by atoms with Gasteiger partial charge in [-0.2, -0.15) is 4.98 Å². The van der Waals surface area contributed by atoms with Gasteiger partial charge in [-0.05, 0) is 38.5 Å². The highest BCUT2D eigenvalue weighted by molar-refractivity contribution is 7.21. The zero-order valence-corrected chi connectivity index (χ0v) is 23.8. The van der Waals surface area contributed by atoms with E-state index in [-0.39, 0.29) is 30.8 Å². The first-order chi connectivity index (χ1) is 20.2. The zero-order chi connectivity index (χ0) is 29.8. The lowest BCUT2D eigenvalue weighted by Crippen LogP contribution is -2.25. The monoisotopic (exact) mass is 595 g/mol. The van der Waals surface area contributed by atoms with E-state index in [2.05, 4.69) is 35.2 Å². The average Bonchev–Trinajstić information content (AvgIpc) is 3.37. The van der Waals surface area contributed by atoms with Gasteiger partial charge in [0.2, 0.25) is 5.88 Å². The minimum atomic E-state index is -0.783. The third-order valence-electron chi connectivity index (χ3n) is 5.60. The number of anilines is 1. The van der Waals surface area contributed by atoms with E-state index in [1.807, 2.05) is 19.1 Å². The molecular weight excluding hydrogens is 569 g/mol. The fourth-order valence-electron chi connectivity index (χ4n) is 3.76. The van der Waals surface area contributed by atoms with Crippen LogP contribution in [0.3, 0.4) is 0 Å². The number of carbonyl (C=O) groups excluding carboxylic acids is 1. The van der Waals surface area contributed by atoms with Crippen molar-refractivity contribution in [3.63, 3.8) is 0 Å². The van der Waals surface area contributed by atoms with Crippen molar-refractivity contribution in [2.75, 3.05) is 25.6 Å². The van der Waals surface area contributed by atoms with E-state index < -0.39 is 24.1 Å². The Bertz CT molecular complexity index is 1730. The van der Waals surface area contributed by atoms with Crippen LogP contribution in [0.2, 0.25) is 0 Å². The summed E-state index contributed by atoms with van der Waals surface area (Å²) in [4.78, 5) is 38.4. The highest BCUT2D eigenvalue weighted by Crippen LogP contribution is 2.35. The fourth-order valence-corrected chi connectivity index (χ4v) is 4.69. The van der Waals surface area contributed by atoms with Gasteiger partial charge in [-0.25, -0.2) is 34.1 Å². The van der Waals surface area contributed by atoms with E-state index in [0.717, 1.165) is 11.1 Å². The van der Waals surface area contributed by atoms with Crippen LogP contribution >= 0.6 is 11.3 Å². The molecule has 2 N–H and O–H groups in total. The van der Waals surface area contributed by atoms with E-state index in [0.29, 0.717) is 32.3 Å². The number of aliphatic hydroxyl groups is 1. The lowest BCUT2D eigenvalue weighted by Gasteiger charge is -2.14. The Balaban J connectivity index is 1.23. The Morgan fingerprint density at radius 1 is 1.02 bits per heavy atom. The molecule has 4 heterocycles. The first-order valence-corrected chi connectivity index (χ1v) is 13.5. The topological polar surface area (TPSA) is 164 Å². The maximum Gasteiger partial charge on any atom is 0.412 e. The highest BCUT2D eigenvalue weighted by atomic mass is 32.1. The number of carbonyl (C=O) groups is 1. The van der Waals surface area contributed by atoms with Crippen LogP contribution < -0.4 is 19.5 Å². The summed E-state index contributed by atoms with van der Waals surface area (Å²) in [7, 11) is 1.52. The lowest BCUT2D eigenvalue weighted by molar-refractivity contribution is 0.0827.